The third-order valence-corrected chi connectivity index (χ3v) is 5.44. The molecule has 4 rings (SSSR count). The molecule has 1 aromatic heterocycles. The highest BCUT2D eigenvalue weighted by Crippen LogP contribution is 2.39. The van der Waals surface area contributed by atoms with Crippen molar-refractivity contribution >= 4 is 28.5 Å². The summed E-state index contributed by atoms with van der Waals surface area (Å²) in [5.41, 5.74) is 4.15. The number of pyridine rings is 1. The van der Waals surface area contributed by atoms with Crippen LogP contribution in [0.1, 0.15) is 40.5 Å². The molecule has 156 valence electrons. The lowest BCUT2D eigenvalue weighted by Crippen LogP contribution is -2.27. The average molecular weight is 413 g/mol. The van der Waals surface area contributed by atoms with Gasteiger partial charge in [0.2, 0.25) is 0 Å². The summed E-state index contributed by atoms with van der Waals surface area (Å²) in [6, 6.07) is 14.7. The maximum absolute atomic E-state index is 12.1. The number of methoxy groups -OCH3 is 1. The highest BCUT2D eigenvalue weighted by molar-refractivity contribution is 6.05. The van der Waals surface area contributed by atoms with Crippen molar-refractivity contribution in [2.75, 3.05) is 13.7 Å². The molecule has 0 aliphatic heterocycles. The summed E-state index contributed by atoms with van der Waals surface area (Å²) in [4.78, 5) is 16.9. The number of carbonyl (C=O) groups is 1. The Morgan fingerprint density at radius 3 is 2.81 bits per heavy atom. The van der Waals surface area contributed by atoms with E-state index in [0.29, 0.717) is 34.5 Å². The van der Waals surface area contributed by atoms with Gasteiger partial charge >= 0.3 is 0 Å². The molecule has 6 nitrogen and oxygen atoms in total. The molecule has 1 atom stereocenters. The van der Waals surface area contributed by atoms with E-state index in [2.05, 4.69) is 6.92 Å². The zero-order valence-electron chi connectivity index (χ0n) is 17.3. The number of nitrogens with zero attached hydrogens (tertiary/aromatic N) is 2. The summed E-state index contributed by atoms with van der Waals surface area (Å²) in [6.45, 7) is 2.04. The summed E-state index contributed by atoms with van der Waals surface area (Å²) in [6.07, 6.45) is 3.42. The number of carbonyl (C=O) groups excluding carboxylic acids is 1. The molecule has 0 amide bonds. The van der Waals surface area contributed by atoms with Crippen molar-refractivity contribution in [1.82, 2.24) is 4.98 Å². The molecule has 0 fully saturated rings. The van der Waals surface area contributed by atoms with Crippen molar-refractivity contribution in [2.45, 2.75) is 19.8 Å². The summed E-state index contributed by atoms with van der Waals surface area (Å²) >= 11 is 0. The largest absolute Gasteiger partial charge is 0.545 e. The van der Waals surface area contributed by atoms with E-state index in [1.807, 2.05) is 42.5 Å². The molecule has 2 aromatic carbocycles. The van der Waals surface area contributed by atoms with Crippen molar-refractivity contribution in [3.63, 3.8) is 0 Å². The Balaban J connectivity index is 1.86. The van der Waals surface area contributed by atoms with Gasteiger partial charge in [0, 0.05) is 10.9 Å². The molecule has 6 heteroatoms. The number of para-hydroxylation sites is 1. The van der Waals surface area contributed by atoms with Gasteiger partial charge in [-0.2, -0.15) is 5.26 Å². The Bertz CT molecular complexity index is 1240. The van der Waals surface area contributed by atoms with Gasteiger partial charge in [0.05, 0.1) is 24.3 Å². The first kappa shape index (κ1) is 20.4. The Hall–Kier alpha value is -3.85. The highest BCUT2D eigenvalue weighted by atomic mass is 16.5. The molecular formula is C25H21N2O4-. The van der Waals surface area contributed by atoms with Crippen LogP contribution in [0.3, 0.4) is 0 Å². The van der Waals surface area contributed by atoms with E-state index in [4.69, 9.17) is 19.7 Å². The summed E-state index contributed by atoms with van der Waals surface area (Å²) in [7, 11) is 1.54. The van der Waals surface area contributed by atoms with Gasteiger partial charge < -0.3 is 19.4 Å². The minimum absolute atomic E-state index is 0.0648. The van der Waals surface area contributed by atoms with E-state index in [1.165, 1.54) is 0 Å². The fourth-order valence-corrected chi connectivity index (χ4v) is 4.17. The van der Waals surface area contributed by atoms with E-state index in [9.17, 15) is 9.90 Å². The topological polar surface area (TPSA) is 95.3 Å². The van der Waals surface area contributed by atoms with Gasteiger partial charge in [-0.15, -0.1) is 0 Å². The molecule has 3 aromatic rings. The van der Waals surface area contributed by atoms with Crippen molar-refractivity contribution in [3.05, 3.63) is 64.8 Å². The third kappa shape index (κ3) is 3.95. The maximum Gasteiger partial charge on any atom is 0.174 e. The number of allylic oxidation sites excluding steroid dienone is 1. The van der Waals surface area contributed by atoms with Crippen LogP contribution in [0.5, 0.6) is 11.5 Å². The Morgan fingerprint density at radius 1 is 1.26 bits per heavy atom. The van der Waals surface area contributed by atoms with Crippen LogP contribution in [0.4, 0.5) is 0 Å². The van der Waals surface area contributed by atoms with Crippen LogP contribution >= 0.6 is 0 Å². The lowest BCUT2D eigenvalue weighted by atomic mass is 9.80. The molecule has 0 bridgehead atoms. The Labute approximate surface area is 180 Å². The first-order chi connectivity index (χ1) is 15.0. The Kier molecular flexibility index (Phi) is 5.59. The summed E-state index contributed by atoms with van der Waals surface area (Å²) in [5, 5.41) is 21.4. The van der Waals surface area contributed by atoms with Gasteiger partial charge in [-0.05, 0) is 59.7 Å². The first-order valence-corrected chi connectivity index (χ1v) is 10.0. The normalized spacial score (nSPS) is 16.5. The summed E-state index contributed by atoms with van der Waals surface area (Å²) < 4.78 is 10.8. The van der Waals surface area contributed by atoms with Crippen LogP contribution in [0.15, 0.2) is 42.5 Å². The zero-order chi connectivity index (χ0) is 22.0. The fourth-order valence-electron chi connectivity index (χ4n) is 4.17. The van der Waals surface area contributed by atoms with Crippen LogP contribution in [-0.2, 0) is 6.42 Å². The minimum atomic E-state index is -1.18. The number of ether oxygens (including phenoxy) is 2. The van der Waals surface area contributed by atoms with E-state index < -0.39 is 5.97 Å². The lowest BCUT2D eigenvalue weighted by molar-refractivity contribution is -0.254. The quantitative estimate of drug-likeness (QED) is 0.634. The molecule has 1 aliphatic rings. The van der Waals surface area contributed by atoms with Crippen LogP contribution in [0.25, 0.3) is 22.6 Å². The molecule has 31 heavy (non-hydrogen) atoms. The second kappa shape index (κ2) is 8.49. The smallest absolute Gasteiger partial charge is 0.174 e. The number of fused-ring (bicyclic) bond motifs is 2. The molecule has 0 saturated carbocycles. The van der Waals surface area contributed by atoms with Crippen molar-refractivity contribution in [1.29, 1.82) is 5.26 Å². The van der Waals surface area contributed by atoms with E-state index in [-0.39, 0.29) is 18.1 Å². The zero-order valence-corrected chi connectivity index (χ0v) is 17.3. The second-order valence-electron chi connectivity index (χ2n) is 7.66. The fraction of sp³-hybridized carbons (Fsp3) is 0.240. The van der Waals surface area contributed by atoms with Gasteiger partial charge in [0.1, 0.15) is 6.07 Å². The molecule has 1 heterocycles. The molecule has 0 radical (unpaired) electrons. The number of carboxylic acids is 1. The number of benzene rings is 2. The number of aromatic nitrogens is 1. The monoisotopic (exact) mass is 413 g/mol. The van der Waals surface area contributed by atoms with Gasteiger partial charge in [0.15, 0.2) is 18.1 Å². The van der Waals surface area contributed by atoms with Crippen LogP contribution < -0.4 is 14.6 Å². The third-order valence-electron chi connectivity index (χ3n) is 5.44. The van der Waals surface area contributed by atoms with Crippen molar-refractivity contribution in [2.24, 2.45) is 5.92 Å². The van der Waals surface area contributed by atoms with Crippen LogP contribution in [-0.4, -0.2) is 24.7 Å². The number of rotatable bonds is 5. The minimum Gasteiger partial charge on any atom is -0.545 e. The SMILES string of the molecule is COc1cc(/C=C2\C[C@@H](C)Cc3c2nc2ccccc2c3C(=O)[O-])ccc1OCC#N. The van der Waals surface area contributed by atoms with Crippen LogP contribution in [0, 0.1) is 17.2 Å². The van der Waals surface area contributed by atoms with Crippen molar-refractivity contribution in [3.8, 4) is 17.6 Å². The number of hydrogen-bond acceptors (Lipinski definition) is 6. The average Bonchev–Trinajstić information content (AvgIpc) is 2.76. The number of hydrogen-bond donors (Lipinski definition) is 0. The Morgan fingerprint density at radius 2 is 2.06 bits per heavy atom. The van der Waals surface area contributed by atoms with E-state index >= 15 is 0 Å². The number of nitriles is 1. The molecule has 0 unspecified atom stereocenters. The first-order valence-electron chi connectivity index (χ1n) is 10.0. The number of aromatic carboxylic acids is 1. The van der Waals surface area contributed by atoms with Crippen LogP contribution in [0.2, 0.25) is 0 Å². The predicted molar refractivity (Wildman–Crippen MR) is 116 cm³/mol. The molecule has 0 spiro atoms. The van der Waals surface area contributed by atoms with E-state index in [0.717, 1.165) is 23.1 Å². The molecule has 1 aliphatic carbocycles. The standard InChI is InChI=1S/C25H22N2O4/c1-15-11-17(13-16-7-8-21(31-10-9-26)22(14-16)30-2)24-19(12-15)23(25(28)29)18-5-3-4-6-20(18)27-24/h3-8,13-15H,10-12H2,1-2H3,(H,28,29)/p-1/b17-13+/t15-/m1/s1. The molecular weight excluding hydrogens is 392 g/mol. The van der Waals surface area contributed by atoms with E-state index in [1.54, 1.807) is 19.2 Å². The lowest BCUT2D eigenvalue weighted by Gasteiger charge is -2.27. The molecule has 0 saturated heterocycles. The van der Waals surface area contributed by atoms with Gasteiger partial charge in [-0.25, -0.2) is 4.98 Å². The number of carboxylic acid groups (broad SMARTS) is 1. The van der Waals surface area contributed by atoms with Crippen molar-refractivity contribution < 1.29 is 19.4 Å². The molecule has 0 N–H and O–H groups in total. The van der Waals surface area contributed by atoms with Gasteiger partial charge in [0.25, 0.3) is 0 Å². The highest BCUT2D eigenvalue weighted by Gasteiger charge is 2.25. The second-order valence-corrected chi connectivity index (χ2v) is 7.66. The van der Waals surface area contributed by atoms with Gasteiger partial charge in [-0.1, -0.05) is 31.2 Å². The summed E-state index contributed by atoms with van der Waals surface area (Å²) in [5.74, 6) is 0.103. The predicted octanol–water partition coefficient (Wildman–Crippen LogP) is 3.63. The van der Waals surface area contributed by atoms with Gasteiger partial charge in [-0.3, -0.25) is 0 Å². The maximum atomic E-state index is 12.1.